The number of ether oxygens (including phenoxy) is 1. The van der Waals surface area contributed by atoms with Crippen molar-refractivity contribution in [3.05, 3.63) is 93.1 Å². The zero-order chi connectivity index (χ0) is 34.3. The van der Waals surface area contributed by atoms with Crippen LogP contribution in [0.2, 0.25) is 10.0 Å². The summed E-state index contributed by atoms with van der Waals surface area (Å²) in [6, 6.07) is 11.4. The molecule has 0 radical (unpaired) electrons. The molecule has 4 aliphatic rings. The molecule has 1 aromatic heterocycles. The summed E-state index contributed by atoms with van der Waals surface area (Å²) in [5, 5.41) is 14.4. The molecule has 6 unspecified atom stereocenters. The number of rotatable bonds is 5. The highest BCUT2D eigenvalue weighted by molar-refractivity contribution is 6.33. The van der Waals surface area contributed by atoms with Crippen LogP contribution < -0.4 is 15.5 Å². The van der Waals surface area contributed by atoms with Gasteiger partial charge in [-0.1, -0.05) is 53.1 Å². The number of nitrogens with zero attached hydrogens (tertiary/aromatic N) is 2. The van der Waals surface area contributed by atoms with Gasteiger partial charge in [0.1, 0.15) is 11.5 Å². The number of carbonyl (C=O) groups excluding carboxylic acids is 4. The van der Waals surface area contributed by atoms with Crippen molar-refractivity contribution in [3.63, 3.8) is 0 Å². The molecule has 1 saturated carbocycles. The van der Waals surface area contributed by atoms with E-state index in [4.69, 9.17) is 27.9 Å². The monoisotopic (exact) mass is 700 g/mol. The van der Waals surface area contributed by atoms with Crippen LogP contribution >= 0.6 is 23.2 Å². The first kappa shape index (κ1) is 32.0. The molecule has 6 atom stereocenters. The molecule has 2 saturated heterocycles. The standard InChI is InChI=1S/C33H25Cl2F3N4O6/c1-48-23-4-2-3-22(43)25(23)26-17-9-10-18-24(29(45)40-28(18)44)19(17)12-20-30(46)42(31(47)32(20,26)14-5-7-16(34)8-6-14)41-27-21(35)11-15(13-39-27)33(36,37)38/h2-9,11,13,18-20,24,26,43H,10,12H2,1H3,(H,39,41)(H,40,44,45). The van der Waals surface area contributed by atoms with Crippen LogP contribution in [0.25, 0.3) is 0 Å². The minimum absolute atomic E-state index is 0.0559. The van der Waals surface area contributed by atoms with Crippen LogP contribution in [0.15, 0.2) is 66.4 Å². The van der Waals surface area contributed by atoms with Crippen LogP contribution in [0, 0.1) is 23.7 Å². The van der Waals surface area contributed by atoms with Crippen molar-refractivity contribution in [1.82, 2.24) is 15.3 Å². The summed E-state index contributed by atoms with van der Waals surface area (Å²) in [6.45, 7) is 0. The highest BCUT2D eigenvalue weighted by atomic mass is 35.5. The molecule has 48 heavy (non-hydrogen) atoms. The Balaban J connectivity index is 1.47. The number of hydrogen-bond acceptors (Lipinski definition) is 8. The van der Waals surface area contributed by atoms with Crippen LogP contribution in [0.5, 0.6) is 11.5 Å². The second-order valence-corrected chi connectivity index (χ2v) is 13.0. The molecule has 2 aliphatic carbocycles. The maximum Gasteiger partial charge on any atom is 0.417 e. The molecule has 3 aromatic rings. The fraction of sp³-hybridized carbons (Fsp3) is 0.303. The van der Waals surface area contributed by atoms with Gasteiger partial charge in [-0.05, 0) is 54.7 Å². The third kappa shape index (κ3) is 4.58. The van der Waals surface area contributed by atoms with Gasteiger partial charge < -0.3 is 9.84 Å². The number of alkyl halides is 3. The van der Waals surface area contributed by atoms with Crippen molar-refractivity contribution < 1.29 is 42.2 Å². The maximum atomic E-state index is 15.1. The lowest BCUT2D eigenvalue weighted by Gasteiger charge is -2.50. The summed E-state index contributed by atoms with van der Waals surface area (Å²) >= 11 is 12.4. The lowest BCUT2D eigenvalue weighted by atomic mass is 9.49. The molecule has 0 spiro atoms. The number of carbonyl (C=O) groups is 4. The number of aromatic hydroxyl groups is 1. The number of amides is 4. The number of methoxy groups -OCH3 is 1. The third-order valence-electron chi connectivity index (χ3n) is 9.95. The number of halogens is 5. The number of benzene rings is 2. The van der Waals surface area contributed by atoms with Gasteiger partial charge in [-0.3, -0.25) is 29.9 Å². The van der Waals surface area contributed by atoms with Gasteiger partial charge >= 0.3 is 6.18 Å². The number of nitrogens with one attached hydrogen (secondary N) is 2. The van der Waals surface area contributed by atoms with Crippen LogP contribution in [0.4, 0.5) is 19.0 Å². The number of hydrazine groups is 1. The van der Waals surface area contributed by atoms with Crippen molar-refractivity contribution in [2.45, 2.75) is 30.4 Å². The minimum Gasteiger partial charge on any atom is -0.508 e. The molecule has 4 amide bonds. The Kier molecular flexibility index (Phi) is 7.48. The van der Waals surface area contributed by atoms with Gasteiger partial charge in [-0.2, -0.15) is 18.2 Å². The summed E-state index contributed by atoms with van der Waals surface area (Å²) in [6.07, 6.45) is -2.33. The topological polar surface area (TPSA) is 138 Å². The van der Waals surface area contributed by atoms with E-state index in [1.54, 1.807) is 42.5 Å². The number of allylic oxidation sites excluding steroid dienone is 2. The van der Waals surface area contributed by atoms with E-state index in [0.29, 0.717) is 33.4 Å². The quantitative estimate of drug-likeness (QED) is 0.238. The fourth-order valence-electron chi connectivity index (χ4n) is 8.01. The van der Waals surface area contributed by atoms with Gasteiger partial charge in [-0.15, -0.1) is 0 Å². The lowest BCUT2D eigenvalue weighted by molar-refractivity contribution is -0.139. The molecule has 3 heterocycles. The van der Waals surface area contributed by atoms with E-state index in [0.717, 1.165) is 0 Å². The highest BCUT2D eigenvalue weighted by Gasteiger charge is 2.70. The Morgan fingerprint density at radius 1 is 1.06 bits per heavy atom. The van der Waals surface area contributed by atoms with E-state index in [2.05, 4.69) is 15.7 Å². The first-order valence-electron chi connectivity index (χ1n) is 14.8. The second-order valence-electron chi connectivity index (χ2n) is 12.2. The summed E-state index contributed by atoms with van der Waals surface area (Å²) in [5.74, 6) is -7.57. The first-order chi connectivity index (χ1) is 22.8. The van der Waals surface area contributed by atoms with Gasteiger partial charge in [0.2, 0.25) is 11.8 Å². The van der Waals surface area contributed by atoms with E-state index in [1.165, 1.54) is 13.2 Å². The van der Waals surface area contributed by atoms with Gasteiger partial charge in [-0.25, -0.2) is 4.98 Å². The van der Waals surface area contributed by atoms with Crippen molar-refractivity contribution >= 4 is 52.6 Å². The molecule has 2 aromatic carbocycles. The second kappa shape index (κ2) is 11.2. The average Bonchev–Trinajstić information content (AvgIpc) is 3.45. The molecule has 3 N–H and O–H groups in total. The Bertz CT molecular complexity index is 1940. The Morgan fingerprint density at radius 3 is 2.46 bits per heavy atom. The SMILES string of the molecule is COc1cccc(O)c1C1C2=CCC3C(=O)NC(=O)C3C2CC2C(=O)N(Nc3ncc(C(F)(F)F)cc3Cl)C(=O)C21c1ccc(Cl)cc1. The summed E-state index contributed by atoms with van der Waals surface area (Å²) in [5.41, 5.74) is 0.686. The molecule has 2 aliphatic heterocycles. The number of anilines is 1. The van der Waals surface area contributed by atoms with E-state index in [9.17, 15) is 32.7 Å². The molecular weight excluding hydrogens is 676 g/mol. The van der Waals surface area contributed by atoms with E-state index in [1.807, 2.05) is 0 Å². The molecule has 10 nitrogen and oxygen atoms in total. The summed E-state index contributed by atoms with van der Waals surface area (Å²) in [4.78, 5) is 59.4. The van der Waals surface area contributed by atoms with Gasteiger partial charge in [0, 0.05) is 22.7 Å². The smallest absolute Gasteiger partial charge is 0.417 e. The first-order valence-corrected chi connectivity index (χ1v) is 15.6. The fourth-order valence-corrected chi connectivity index (χ4v) is 8.34. The van der Waals surface area contributed by atoms with Crippen LogP contribution in [0.1, 0.15) is 35.4 Å². The summed E-state index contributed by atoms with van der Waals surface area (Å²) in [7, 11) is 1.38. The molecular formula is C33H25Cl2F3N4O6. The molecule has 3 fully saturated rings. The van der Waals surface area contributed by atoms with Gasteiger partial charge in [0.05, 0.1) is 40.9 Å². The Labute approximate surface area is 280 Å². The van der Waals surface area contributed by atoms with Crippen LogP contribution in [-0.4, -0.2) is 45.8 Å². The maximum absolute atomic E-state index is 15.1. The van der Waals surface area contributed by atoms with Gasteiger partial charge in [0.15, 0.2) is 5.82 Å². The van der Waals surface area contributed by atoms with Crippen molar-refractivity contribution in [3.8, 4) is 11.5 Å². The molecule has 15 heteroatoms. The van der Waals surface area contributed by atoms with Crippen LogP contribution in [-0.2, 0) is 30.8 Å². The number of fused-ring (bicyclic) bond motifs is 4. The Hall–Kier alpha value is -4.62. The number of aromatic nitrogens is 1. The number of hydrogen-bond donors (Lipinski definition) is 3. The number of phenols is 1. The highest BCUT2D eigenvalue weighted by Crippen LogP contribution is 2.65. The van der Waals surface area contributed by atoms with Crippen molar-refractivity contribution in [2.75, 3.05) is 12.5 Å². The largest absolute Gasteiger partial charge is 0.508 e. The van der Waals surface area contributed by atoms with Gasteiger partial charge in [0.25, 0.3) is 11.8 Å². The van der Waals surface area contributed by atoms with E-state index >= 15 is 4.79 Å². The predicted octanol–water partition coefficient (Wildman–Crippen LogP) is 5.39. The van der Waals surface area contributed by atoms with E-state index < -0.39 is 75.4 Å². The number of pyridine rings is 1. The predicted molar refractivity (Wildman–Crippen MR) is 165 cm³/mol. The van der Waals surface area contributed by atoms with Crippen LogP contribution in [0.3, 0.4) is 0 Å². The molecule has 248 valence electrons. The Morgan fingerprint density at radius 2 is 1.79 bits per heavy atom. The zero-order valence-electron chi connectivity index (χ0n) is 24.8. The van der Waals surface area contributed by atoms with E-state index in [-0.39, 0.29) is 35.7 Å². The molecule has 0 bridgehead atoms. The number of phenolic OH excluding ortho intramolecular Hbond substituents is 1. The zero-order valence-corrected chi connectivity index (χ0v) is 26.4. The normalized spacial score (nSPS) is 28.0. The molecule has 7 rings (SSSR count). The summed E-state index contributed by atoms with van der Waals surface area (Å²) < 4.78 is 45.7. The number of imide groups is 2. The van der Waals surface area contributed by atoms with Crippen molar-refractivity contribution in [1.29, 1.82) is 0 Å². The average molecular weight is 701 g/mol. The minimum atomic E-state index is -4.75. The lowest BCUT2D eigenvalue weighted by Crippen LogP contribution is -2.53. The third-order valence-corrected chi connectivity index (χ3v) is 10.5. The van der Waals surface area contributed by atoms with Crippen molar-refractivity contribution in [2.24, 2.45) is 23.7 Å².